The molecular formula is C24H27ClN6OS. The van der Waals surface area contributed by atoms with Crippen LogP contribution < -0.4 is 10.7 Å². The number of carbonyl (C=O) groups is 1. The van der Waals surface area contributed by atoms with Gasteiger partial charge < -0.3 is 5.32 Å². The number of halogens is 1. The van der Waals surface area contributed by atoms with Gasteiger partial charge in [0.2, 0.25) is 0 Å². The summed E-state index contributed by atoms with van der Waals surface area (Å²) in [7, 11) is 0. The zero-order chi connectivity index (χ0) is 23.0. The van der Waals surface area contributed by atoms with Gasteiger partial charge in [0.05, 0.1) is 12.3 Å². The van der Waals surface area contributed by atoms with Crippen molar-refractivity contribution in [3.8, 4) is 5.69 Å². The molecule has 2 N–H and O–H groups in total. The fraction of sp³-hybridized carbons (Fsp3) is 0.333. The molecule has 0 unspecified atom stereocenters. The molecule has 9 heteroatoms. The first-order valence-corrected chi connectivity index (χ1v) is 12.4. The van der Waals surface area contributed by atoms with Gasteiger partial charge in [-0.15, -0.1) is 10.2 Å². The molecule has 4 rings (SSSR count). The Morgan fingerprint density at radius 3 is 2.67 bits per heavy atom. The van der Waals surface area contributed by atoms with Crippen molar-refractivity contribution >= 4 is 40.7 Å². The standard InChI is InChI=1S/C24H27ClN6OS/c1-17-14-18(25)12-13-21(17)26-15-22-28-30-24(31(22)20-10-6-3-7-11-20)33-16-23(32)29-27-19-8-4-2-5-9-19/h3,6-7,10-14,26H,2,4-5,8-9,15-16H2,1H3,(H,29,32). The van der Waals surface area contributed by atoms with Crippen LogP contribution in [0.15, 0.2) is 58.8 Å². The van der Waals surface area contributed by atoms with Gasteiger partial charge in [-0.3, -0.25) is 9.36 Å². The van der Waals surface area contributed by atoms with Crippen LogP contribution in [0.2, 0.25) is 5.02 Å². The average molecular weight is 483 g/mol. The number of anilines is 1. The second-order valence-corrected chi connectivity index (χ2v) is 9.32. The Labute approximate surface area is 203 Å². The first kappa shape index (κ1) is 23.3. The fourth-order valence-corrected chi connectivity index (χ4v) is 4.71. The Hall–Kier alpha value is -2.84. The lowest BCUT2D eigenvalue weighted by Crippen LogP contribution is -2.22. The van der Waals surface area contributed by atoms with Crippen LogP contribution in [0.25, 0.3) is 5.69 Å². The molecule has 33 heavy (non-hydrogen) atoms. The predicted octanol–water partition coefficient (Wildman–Crippen LogP) is 5.37. The van der Waals surface area contributed by atoms with Crippen molar-refractivity contribution in [1.29, 1.82) is 0 Å². The third kappa shape index (κ3) is 6.36. The van der Waals surface area contributed by atoms with E-state index < -0.39 is 0 Å². The highest BCUT2D eigenvalue weighted by Gasteiger charge is 2.16. The van der Waals surface area contributed by atoms with Crippen molar-refractivity contribution in [3.05, 3.63) is 64.9 Å². The quantitative estimate of drug-likeness (QED) is 0.333. The Morgan fingerprint density at radius 2 is 1.91 bits per heavy atom. The van der Waals surface area contributed by atoms with Gasteiger partial charge in [0.1, 0.15) is 0 Å². The van der Waals surface area contributed by atoms with E-state index in [2.05, 4.69) is 26.0 Å². The minimum Gasteiger partial charge on any atom is -0.378 e. The summed E-state index contributed by atoms with van der Waals surface area (Å²) in [4.78, 5) is 12.4. The van der Waals surface area contributed by atoms with E-state index in [1.54, 1.807) is 0 Å². The topological polar surface area (TPSA) is 84.2 Å². The first-order chi connectivity index (χ1) is 16.1. The number of carbonyl (C=O) groups excluding carboxylic acids is 1. The molecule has 1 saturated carbocycles. The number of benzene rings is 2. The van der Waals surface area contributed by atoms with Gasteiger partial charge in [-0.05, 0) is 68.5 Å². The van der Waals surface area contributed by atoms with Gasteiger partial charge in [0, 0.05) is 22.1 Å². The Morgan fingerprint density at radius 1 is 1.12 bits per heavy atom. The number of thioether (sulfide) groups is 1. The van der Waals surface area contributed by atoms with E-state index in [1.165, 1.54) is 18.2 Å². The summed E-state index contributed by atoms with van der Waals surface area (Å²) < 4.78 is 1.98. The maximum Gasteiger partial charge on any atom is 0.250 e. The molecule has 0 aliphatic heterocycles. The number of rotatable bonds is 8. The maximum absolute atomic E-state index is 12.4. The summed E-state index contributed by atoms with van der Waals surface area (Å²) >= 11 is 7.42. The van der Waals surface area contributed by atoms with Gasteiger partial charge in [0.15, 0.2) is 11.0 Å². The van der Waals surface area contributed by atoms with Crippen molar-refractivity contribution in [2.45, 2.75) is 50.7 Å². The summed E-state index contributed by atoms with van der Waals surface area (Å²) in [6.45, 7) is 2.48. The molecule has 7 nitrogen and oxygen atoms in total. The van der Waals surface area contributed by atoms with Crippen molar-refractivity contribution in [2.75, 3.05) is 11.1 Å². The van der Waals surface area contributed by atoms with E-state index >= 15 is 0 Å². The number of para-hydroxylation sites is 1. The summed E-state index contributed by atoms with van der Waals surface area (Å²) in [5.41, 5.74) is 6.76. The largest absolute Gasteiger partial charge is 0.378 e. The van der Waals surface area contributed by atoms with Gasteiger partial charge in [-0.1, -0.05) is 48.0 Å². The molecule has 2 aromatic carbocycles. The number of hydrogen-bond donors (Lipinski definition) is 2. The summed E-state index contributed by atoms with van der Waals surface area (Å²) in [6, 6.07) is 15.6. The second-order valence-electron chi connectivity index (χ2n) is 7.94. The molecule has 1 aromatic heterocycles. The highest BCUT2D eigenvalue weighted by Crippen LogP contribution is 2.24. The van der Waals surface area contributed by atoms with Crippen LogP contribution in [0.4, 0.5) is 5.69 Å². The van der Waals surface area contributed by atoms with Gasteiger partial charge in [-0.25, -0.2) is 5.43 Å². The molecule has 1 heterocycles. The highest BCUT2D eigenvalue weighted by molar-refractivity contribution is 7.99. The number of nitrogens with one attached hydrogen (secondary N) is 2. The lowest BCUT2D eigenvalue weighted by atomic mass is 9.99. The van der Waals surface area contributed by atoms with Gasteiger partial charge in [-0.2, -0.15) is 5.10 Å². The number of amides is 1. The monoisotopic (exact) mass is 482 g/mol. The van der Waals surface area contributed by atoms with Crippen molar-refractivity contribution in [2.24, 2.45) is 5.10 Å². The molecule has 0 bridgehead atoms. The molecule has 1 aliphatic rings. The fourth-order valence-electron chi connectivity index (χ4n) is 3.72. The summed E-state index contributed by atoms with van der Waals surface area (Å²) in [5, 5.41) is 17.8. The molecule has 0 spiro atoms. The van der Waals surface area contributed by atoms with E-state index in [0.29, 0.717) is 16.7 Å². The van der Waals surface area contributed by atoms with Crippen LogP contribution in [-0.2, 0) is 11.3 Å². The normalized spacial score (nSPS) is 13.6. The average Bonchev–Trinajstić information content (AvgIpc) is 3.25. The van der Waals surface area contributed by atoms with Gasteiger partial charge in [0.25, 0.3) is 5.91 Å². The van der Waals surface area contributed by atoms with E-state index in [1.807, 2.05) is 60.0 Å². The van der Waals surface area contributed by atoms with E-state index in [0.717, 1.165) is 54.2 Å². The maximum atomic E-state index is 12.4. The highest BCUT2D eigenvalue weighted by atomic mass is 35.5. The summed E-state index contributed by atoms with van der Waals surface area (Å²) in [6.07, 6.45) is 5.48. The molecule has 0 radical (unpaired) electrons. The smallest absolute Gasteiger partial charge is 0.250 e. The first-order valence-electron chi connectivity index (χ1n) is 11.1. The number of hydrazone groups is 1. The van der Waals surface area contributed by atoms with Crippen LogP contribution in [0, 0.1) is 6.92 Å². The second kappa shape index (κ2) is 11.3. The van der Waals surface area contributed by atoms with E-state index in [4.69, 9.17) is 11.6 Å². The van der Waals surface area contributed by atoms with Crippen LogP contribution in [0.1, 0.15) is 43.5 Å². The molecule has 1 aliphatic carbocycles. The predicted molar refractivity (Wildman–Crippen MR) is 134 cm³/mol. The minimum absolute atomic E-state index is 0.142. The van der Waals surface area contributed by atoms with Crippen LogP contribution in [-0.4, -0.2) is 32.1 Å². The van der Waals surface area contributed by atoms with E-state index in [9.17, 15) is 4.79 Å². The molecule has 0 atom stereocenters. The Bertz CT molecular complexity index is 1120. The Balaban J connectivity index is 1.46. The molecule has 172 valence electrons. The SMILES string of the molecule is Cc1cc(Cl)ccc1NCc1nnc(SCC(=O)NN=C2CCCCC2)n1-c1ccccc1. The molecule has 1 amide bonds. The van der Waals surface area contributed by atoms with Crippen molar-refractivity contribution < 1.29 is 4.79 Å². The third-order valence-electron chi connectivity index (χ3n) is 5.44. The number of aryl methyl sites for hydroxylation is 1. The van der Waals surface area contributed by atoms with Gasteiger partial charge >= 0.3 is 0 Å². The van der Waals surface area contributed by atoms with Crippen LogP contribution in [0.5, 0.6) is 0 Å². The Kier molecular flexibility index (Phi) is 8.01. The zero-order valence-electron chi connectivity index (χ0n) is 18.6. The van der Waals surface area contributed by atoms with Crippen LogP contribution in [0.3, 0.4) is 0 Å². The molecular weight excluding hydrogens is 456 g/mol. The van der Waals surface area contributed by atoms with Crippen molar-refractivity contribution in [1.82, 2.24) is 20.2 Å². The molecule has 0 saturated heterocycles. The molecule has 1 fully saturated rings. The van der Waals surface area contributed by atoms with E-state index in [-0.39, 0.29) is 11.7 Å². The summed E-state index contributed by atoms with van der Waals surface area (Å²) in [5.74, 6) is 0.823. The number of nitrogens with zero attached hydrogens (tertiary/aromatic N) is 4. The zero-order valence-corrected chi connectivity index (χ0v) is 20.1. The number of aromatic nitrogens is 3. The van der Waals surface area contributed by atoms with Crippen molar-refractivity contribution in [3.63, 3.8) is 0 Å². The lowest BCUT2D eigenvalue weighted by Gasteiger charge is -2.13. The molecule has 3 aromatic rings. The third-order valence-corrected chi connectivity index (χ3v) is 6.61. The number of hydrogen-bond acceptors (Lipinski definition) is 6. The lowest BCUT2D eigenvalue weighted by molar-refractivity contribution is -0.118. The van der Waals surface area contributed by atoms with Crippen LogP contribution >= 0.6 is 23.4 Å². The minimum atomic E-state index is -0.142.